The molecule has 8 nitrogen and oxygen atoms in total. The number of nitrogens with one attached hydrogen (secondary N) is 1. The highest BCUT2D eigenvalue weighted by Gasteiger charge is 2.35. The predicted molar refractivity (Wildman–Crippen MR) is 173 cm³/mol. The molecule has 4 rings (SSSR count). The van der Waals surface area contributed by atoms with Crippen molar-refractivity contribution in [2.45, 2.75) is 43.7 Å². The van der Waals surface area contributed by atoms with Crippen molar-refractivity contribution >= 4 is 27.5 Å². The van der Waals surface area contributed by atoms with E-state index in [1.807, 2.05) is 67.6 Å². The van der Waals surface area contributed by atoms with Gasteiger partial charge >= 0.3 is 0 Å². The largest absolute Gasteiger partial charge is 0.495 e. The maximum atomic E-state index is 14.5. The molecule has 9 heteroatoms. The van der Waals surface area contributed by atoms with Crippen LogP contribution in [0.1, 0.15) is 30.9 Å². The number of carbonyl (C=O) groups excluding carboxylic acids is 2. The number of hydrogen-bond acceptors (Lipinski definition) is 5. The minimum atomic E-state index is -4.21. The molecular weight excluding hydrogens is 574 g/mol. The third kappa shape index (κ3) is 8.26. The zero-order valence-electron chi connectivity index (χ0n) is 25.1. The molecule has 44 heavy (non-hydrogen) atoms. The lowest BCUT2D eigenvalue weighted by atomic mass is 10.0. The highest BCUT2D eigenvalue weighted by atomic mass is 32.2. The lowest BCUT2D eigenvalue weighted by Crippen LogP contribution is -2.53. The summed E-state index contributed by atoms with van der Waals surface area (Å²) in [5, 5.41) is 3.00. The van der Waals surface area contributed by atoms with E-state index in [9.17, 15) is 18.0 Å². The number of rotatable bonds is 15. The van der Waals surface area contributed by atoms with Crippen LogP contribution in [-0.2, 0) is 32.6 Å². The molecule has 1 atom stereocenters. The highest BCUT2D eigenvalue weighted by molar-refractivity contribution is 7.92. The molecule has 0 saturated heterocycles. The molecule has 1 N–H and O–H groups in total. The lowest BCUT2D eigenvalue weighted by molar-refractivity contribution is -0.140. The van der Waals surface area contributed by atoms with Gasteiger partial charge in [-0.1, -0.05) is 104 Å². The molecule has 0 aromatic heterocycles. The van der Waals surface area contributed by atoms with E-state index in [0.29, 0.717) is 12.3 Å². The van der Waals surface area contributed by atoms with Crippen molar-refractivity contribution < 1.29 is 22.7 Å². The van der Waals surface area contributed by atoms with Crippen molar-refractivity contribution in [1.29, 1.82) is 0 Å². The summed E-state index contributed by atoms with van der Waals surface area (Å²) in [7, 11) is -2.75. The smallest absolute Gasteiger partial charge is 0.264 e. The molecule has 4 aromatic carbocycles. The third-order valence-electron chi connectivity index (χ3n) is 7.26. The van der Waals surface area contributed by atoms with E-state index >= 15 is 0 Å². The number of nitrogens with zero attached hydrogens (tertiary/aromatic N) is 2. The van der Waals surface area contributed by atoms with Crippen LogP contribution < -0.4 is 14.4 Å². The maximum Gasteiger partial charge on any atom is 0.264 e. The minimum Gasteiger partial charge on any atom is -0.495 e. The van der Waals surface area contributed by atoms with E-state index in [1.165, 1.54) is 24.1 Å². The summed E-state index contributed by atoms with van der Waals surface area (Å²) in [5.74, 6) is -0.514. The molecule has 0 aliphatic carbocycles. The van der Waals surface area contributed by atoms with Gasteiger partial charge in [-0.2, -0.15) is 0 Å². The van der Waals surface area contributed by atoms with Gasteiger partial charge in [-0.25, -0.2) is 8.42 Å². The van der Waals surface area contributed by atoms with E-state index in [1.54, 1.807) is 42.5 Å². The quantitative estimate of drug-likeness (QED) is 0.180. The summed E-state index contributed by atoms with van der Waals surface area (Å²) in [5.41, 5.74) is 1.92. The summed E-state index contributed by atoms with van der Waals surface area (Å²) in [6.45, 7) is 2.09. The fourth-order valence-corrected chi connectivity index (χ4v) is 6.35. The van der Waals surface area contributed by atoms with Gasteiger partial charge in [0.2, 0.25) is 11.8 Å². The molecule has 4 aromatic rings. The normalized spacial score (nSPS) is 11.8. The number of anilines is 1. The molecule has 0 aliphatic rings. The Morgan fingerprint density at radius 3 is 1.98 bits per heavy atom. The first-order chi connectivity index (χ1) is 21.3. The summed E-state index contributed by atoms with van der Waals surface area (Å²) < 4.78 is 34.8. The molecule has 0 heterocycles. The Kier molecular flexibility index (Phi) is 11.5. The molecule has 0 bridgehead atoms. The second-order valence-electron chi connectivity index (χ2n) is 10.4. The summed E-state index contributed by atoms with van der Waals surface area (Å²) >= 11 is 0. The molecule has 0 fully saturated rings. The van der Waals surface area contributed by atoms with Crippen LogP contribution in [0.3, 0.4) is 0 Å². The molecule has 230 valence electrons. The first-order valence-corrected chi connectivity index (χ1v) is 16.1. The Hall–Kier alpha value is -4.63. The first-order valence-electron chi connectivity index (χ1n) is 14.7. The Balaban J connectivity index is 1.79. The van der Waals surface area contributed by atoms with Crippen molar-refractivity contribution in [3.05, 3.63) is 126 Å². The molecule has 0 saturated carbocycles. The van der Waals surface area contributed by atoms with Gasteiger partial charge in [0, 0.05) is 19.5 Å². The number of sulfonamides is 1. The van der Waals surface area contributed by atoms with Crippen LogP contribution >= 0.6 is 0 Å². The second-order valence-corrected chi connectivity index (χ2v) is 12.2. The predicted octanol–water partition coefficient (Wildman–Crippen LogP) is 5.45. The van der Waals surface area contributed by atoms with Crippen molar-refractivity contribution in [3.63, 3.8) is 0 Å². The number of benzene rings is 4. The number of methoxy groups -OCH3 is 1. The lowest BCUT2D eigenvalue weighted by Gasteiger charge is -2.34. The van der Waals surface area contributed by atoms with Crippen LogP contribution in [0.15, 0.2) is 120 Å². The zero-order valence-corrected chi connectivity index (χ0v) is 26.0. The fourth-order valence-electron chi connectivity index (χ4n) is 4.91. The van der Waals surface area contributed by atoms with Crippen molar-refractivity contribution in [3.8, 4) is 5.75 Å². The Bertz CT molecular complexity index is 1600. The van der Waals surface area contributed by atoms with Gasteiger partial charge in [0.05, 0.1) is 17.7 Å². The molecule has 0 radical (unpaired) electrons. The Morgan fingerprint density at radius 2 is 1.36 bits per heavy atom. The number of carbonyl (C=O) groups is 2. The van der Waals surface area contributed by atoms with E-state index in [4.69, 9.17) is 4.74 Å². The van der Waals surface area contributed by atoms with E-state index in [-0.39, 0.29) is 29.5 Å². The molecule has 0 aliphatic heterocycles. The van der Waals surface area contributed by atoms with Crippen LogP contribution in [0.5, 0.6) is 5.75 Å². The average Bonchev–Trinajstić information content (AvgIpc) is 3.06. The van der Waals surface area contributed by atoms with Crippen LogP contribution in [0.2, 0.25) is 0 Å². The first kappa shape index (κ1) is 32.3. The summed E-state index contributed by atoms with van der Waals surface area (Å²) in [4.78, 5) is 29.8. The summed E-state index contributed by atoms with van der Waals surface area (Å²) in [6.07, 6.45) is 1.96. The topological polar surface area (TPSA) is 96.0 Å². The molecule has 0 unspecified atom stereocenters. The average molecular weight is 614 g/mol. The third-order valence-corrected chi connectivity index (χ3v) is 9.03. The van der Waals surface area contributed by atoms with Gasteiger partial charge < -0.3 is 15.0 Å². The Morgan fingerprint density at radius 1 is 0.795 bits per heavy atom. The van der Waals surface area contributed by atoms with Gasteiger partial charge in [0.15, 0.2) is 0 Å². The van der Waals surface area contributed by atoms with Crippen LogP contribution in [0, 0.1) is 0 Å². The van der Waals surface area contributed by atoms with E-state index in [2.05, 4.69) is 5.32 Å². The number of amides is 2. The van der Waals surface area contributed by atoms with Crippen molar-refractivity contribution in [2.24, 2.45) is 0 Å². The van der Waals surface area contributed by atoms with Crippen LogP contribution in [-0.4, -0.2) is 51.4 Å². The highest BCUT2D eigenvalue weighted by Crippen LogP contribution is 2.32. The molecular formula is C35H39N3O5S. The second kappa shape index (κ2) is 15.7. The van der Waals surface area contributed by atoms with Crippen LogP contribution in [0.25, 0.3) is 0 Å². The maximum absolute atomic E-state index is 14.5. The molecule has 2 amide bonds. The van der Waals surface area contributed by atoms with Gasteiger partial charge in [-0.05, 0) is 41.8 Å². The zero-order chi connectivity index (χ0) is 31.4. The monoisotopic (exact) mass is 613 g/mol. The van der Waals surface area contributed by atoms with E-state index in [0.717, 1.165) is 28.3 Å². The van der Waals surface area contributed by atoms with Crippen molar-refractivity contribution in [2.75, 3.05) is 24.5 Å². The number of ether oxygens (including phenoxy) is 1. The van der Waals surface area contributed by atoms with Gasteiger partial charge in [-0.3, -0.25) is 13.9 Å². The molecule has 0 spiro atoms. The summed E-state index contributed by atoms with van der Waals surface area (Å²) in [6, 6.07) is 32.6. The van der Waals surface area contributed by atoms with Gasteiger partial charge in [0.1, 0.15) is 18.3 Å². The van der Waals surface area contributed by atoms with Gasteiger partial charge in [-0.15, -0.1) is 0 Å². The SMILES string of the molecule is CCCCNC(=O)[C@H](Cc1ccccc1)N(Cc1ccccc1)C(=O)CN(c1ccccc1OC)S(=O)(=O)c1ccccc1. The number of unbranched alkanes of at least 4 members (excludes halogenated alkanes) is 1. The fraction of sp³-hybridized carbons (Fsp3) is 0.257. The minimum absolute atomic E-state index is 0.0338. The number of hydrogen-bond donors (Lipinski definition) is 1. The van der Waals surface area contributed by atoms with E-state index < -0.39 is 28.5 Å². The standard InChI is InChI=1S/C35H39N3O5S/c1-3-4-24-36-35(40)32(25-28-16-8-5-9-17-28)37(26-29-18-10-6-11-19-29)34(39)27-38(31-22-14-15-23-33(31)43-2)44(41,42)30-20-12-7-13-21-30/h5-23,32H,3-4,24-27H2,1-2H3,(H,36,40)/t32-/m0/s1. The Labute approximate surface area is 260 Å². The van der Waals surface area contributed by atoms with Gasteiger partial charge in [0.25, 0.3) is 10.0 Å². The van der Waals surface area contributed by atoms with Crippen LogP contribution in [0.4, 0.5) is 5.69 Å². The number of para-hydroxylation sites is 2. The van der Waals surface area contributed by atoms with Crippen molar-refractivity contribution in [1.82, 2.24) is 10.2 Å².